The fraction of sp³-hybridized carbons (Fsp3) is 0.0732. The molecule has 0 atom stereocenters. The van der Waals surface area contributed by atoms with Gasteiger partial charge in [0.1, 0.15) is 0 Å². The van der Waals surface area contributed by atoms with Crippen molar-refractivity contribution in [1.82, 2.24) is 0 Å². The third kappa shape index (κ3) is 3.41. The first kappa shape index (κ1) is 22.8. The molecule has 8 aromatic carbocycles. The highest BCUT2D eigenvalue weighted by Gasteiger charge is 2.28. The highest BCUT2D eigenvalue weighted by molar-refractivity contribution is 6.25. The van der Waals surface area contributed by atoms with Crippen LogP contribution in [0.1, 0.15) is 24.3 Å². The van der Waals surface area contributed by atoms with Crippen LogP contribution in [-0.4, -0.2) is 0 Å². The number of fused-ring (bicyclic) bond motifs is 6. The molecule has 41 heavy (non-hydrogen) atoms. The lowest BCUT2D eigenvalue weighted by Crippen LogP contribution is -1.92. The first-order chi connectivity index (χ1) is 20.4. The topological polar surface area (TPSA) is 0 Å². The Bertz CT molecular complexity index is 2250. The Balaban J connectivity index is 1.42. The van der Waals surface area contributed by atoms with Gasteiger partial charge in [0.25, 0.3) is 0 Å². The fourth-order valence-electron chi connectivity index (χ4n) is 7.30. The maximum Gasteiger partial charge on any atom is -0.00201 e. The molecule has 1 fully saturated rings. The number of hydrogen-bond acceptors (Lipinski definition) is 0. The van der Waals surface area contributed by atoms with Crippen molar-refractivity contribution in [2.45, 2.75) is 18.8 Å². The molecule has 8 aromatic rings. The van der Waals surface area contributed by atoms with Gasteiger partial charge in [-0.15, -0.1) is 0 Å². The molecular formula is C41H28. The Morgan fingerprint density at radius 2 is 0.927 bits per heavy atom. The molecule has 1 aliphatic carbocycles. The van der Waals surface area contributed by atoms with Crippen molar-refractivity contribution in [2.75, 3.05) is 0 Å². The lowest BCUT2D eigenvalue weighted by Gasteiger charge is -2.19. The smallest absolute Gasteiger partial charge is 0.00201 e. The van der Waals surface area contributed by atoms with Crippen molar-refractivity contribution in [3.63, 3.8) is 0 Å². The molecule has 0 amide bonds. The zero-order valence-electron chi connectivity index (χ0n) is 22.8. The van der Waals surface area contributed by atoms with Gasteiger partial charge < -0.3 is 0 Å². The van der Waals surface area contributed by atoms with Crippen LogP contribution in [0.15, 0.2) is 140 Å². The van der Waals surface area contributed by atoms with E-state index in [1.165, 1.54) is 89.0 Å². The first-order valence-electron chi connectivity index (χ1n) is 14.7. The van der Waals surface area contributed by atoms with Gasteiger partial charge in [0.15, 0.2) is 0 Å². The second kappa shape index (κ2) is 8.78. The molecule has 0 saturated heterocycles. The van der Waals surface area contributed by atoms with Crippen LogP contribution in [0.5, 0.6) is 0 Å². The van der Waals surface area contributed by atoms with Crippen LogP contribution in [0.3, 0.4) is 0 Å². The second-order valence-electron chi connectivity index (χ2n) is 11.6. The van der Waals surface area contributed by atoms with Gasteiger partial charge in [0.05, 0.1) is 0 Å². The van der Waals surface area contributed by atoms with E-state index in [0.717, 1.165) is 0 Å². The zero-order valence-corrected chi connectivity index (χ0v) is 22.8. The van der Waals surface area contributed by atoms with Gasteiger partial charge >= 0.3 is 0 Å². The molecule has 1 aliphatic rings. The number of hydrogen-bond donors (Lipinski definition) is 0. The van der Waals surface area contributed by atoms with Crippen LogP contribution < -0.4 is 0 Å². The molecular weight excluding hydrogens is 492 g/mol. The van der Waals surface area contributed by atoms with Crippen molar-refractivity contribution in [2.24, 2.45) is 0 Å². The summed E-state index contributed by atoms with van der Waals surface area (Å²) >= 11 is 0. The summed E-state index contributed by atoms with van der Waals surface area (Å²) in [5, 5.41) is 13.4. The highest BCUT2D eigenvalue weighted by Crippen LogP contribution is 2.49. The molecule has 0 spiro atoms. The summed E-state index contributed by atoms with van der Waals surface area (Å²) in [4.78, 5) is 0. The van der Waals surface area contributed by atoms with Crippen LogP contribution in [-0.2, 0) is 0 Å². The third-order valence-corrected chi connectivity index (χ3v) is 9.19. The van der Waals surface area contributed by atoms with Crippen molar-refractivity contribution >= 4 is 53.9 Å². The van der Waals surface area contributed by atoms with Crippen LogP contribution >= 0.6 is 0 Å². The molecule has 0 unspecified atom stereocenters. The molecule has 9 rings (SSSR count). The molecule has 192 valence electrons. The lowest BCUT2D eigenvalue weighted by molar-refractivity contribution is 1.17. The first-order valence-corrected chi connectivity index (χ1v) is 14.7. The maximum absolute atomic E-state index is 2.43. The van der Waals surface area contributed by atoms with Crippen LogP contribution in [0.2, 0.25) is 0 Å². The SMILES string of the molecule is c1ccc(-c2c3ccccc3c(-c3cccc4c3ccc3c(C5CC5)c5ccccc5cc34)c3ccccc23)cc1. The van der Waals surface area contributed by atoms with Crippen LogP contribution in [0.25, 0.3) is 76.1 Å². The lowest BCUT2D eigenvalue weighted by atomic mass is 9.84. The number of rotatable bonds is 3. The zero-order chi connectivity index (χ0) is 26.9. The van der Waals surface area contributed by atoms with E-state index in [2.05, 4.69) is 140 Å². The van der Waals surface area contributed by atoms with Gasteiger partial charge in [0.2, 0.25) is 0 Å². The molecule has 0 aliphatic heterocycles. The van der Waals surface area contributed by atoms with E-state index >= 15 is 0 Å². The summed E-state index contributed by atoms with van der Waals surface area (Å²) < 4.78 is 0. The second-order valence-corrected chi connectivity index (χ2v) is 11.6. The Hall–Kier alpha value is -4.94. The van der Waals surface area contributed by atoms with Crippen molar-refractivity contribution in [3.05, 3.63) is 145 Å². The molecule has 1 saturated carbocycles. The quantitative estimate of drug-likeness (QED) is 0.160. The number of benzene rings is 8. The normalized spacial score (nSPS) is 13.6. The van der Waals surface area contributed by atoms with Gasteiger partial charge in [-0.25, -0.2) is 0 Å². The van der Waals surface area contributed by atoms with Gasteiger partial charge in [0, 0.05) is 0 Å². The van der Waals surface area contributed by atoms with Gasteiger partial charge in [-0.05, 0) is 107 Å². The Morgan fingerprint density at radius 1 is 0.366 bits per heavy atom. The Kier molecular flexibility index (Phi) is 4.89. The molecule has 0 nitrogen and oxygen atoms in total. The molecule has 0 heteroatoms. The molecule has 0 aromatic heterocycles. The molecule has 0 heterocycles. The minimum absolute atomic E-state index is 0.683. The predicted molar refractivity (Wildman–Crippen MR) is 177 cm³/mol. The van der Waals surface area contributed by atoms with E-state index in [-0.39, 0.29) is 0 Å². The summed E-state index contributed by atoms with van der Waals surface area (Å²) in [5.74, 6) is 0.683. The summed E-state index contributed by atoms with van der Waals surface area (Å²) in [6.45, 7) is 0. The standard InChI is InChI=1S/C41H28/c1-2-11-26(12-3-1)40-33-15-6-8-17-35(33)41(36-18-9-7-16-34(36)40)32-20-10-19-30-31(32)23-24-37-38(30)25-28-13-4-5-14-29(28)39(37)27-21-22-27/h1-20,23-25,27H,21-22H2. The minimum atomic E-state index is 0.683. The van der Waals surface area contributed by atoms with Gasteiger partial charge in [-0.3, -0.25) is 0 Å². The summed E-state index contributed by atoms with van der Waals surface area (Å²) in [6.07, 6.45) is 2.60. The molecule has 0 radical (unpaired) electrons. The summed E-state index contributed by atoms with van der Waals surface area (Å²) in [5.41, 5.74) is 6.75. The van der Waals surface area contributed by atoms with Crippen LogP contribution in [0.4, 0.5) is 0 Å². The fourth-order valence-corrected chi connectivity index (χ4v) is 7.30. The predicted octanol–water partition coefficient (Wildman–Crippen LogP) is 11.7. The van der Waals surface area contributed by atoms with Gasteiger partial charge in [-0.1, -0.05) is 133 Å². The van der Waals surface area contributed by atoms with Crippen molar-refractivity contribution < 1.29 is 0 Å². The van der Waals surface area contributed by atoms with Crippen molar-refractivity contribution in [1.29, 1.82) is 0 Å². The van der Waals surface area contributed by atoms with E-state index in [9.17, 15) is 0 Å². The van der Waals surface area contributed by atoms with E-state index in [4.69, 9.17) is 0 Å². The van der Waals surface area contributed by atoms with Crippen molar-refractivity contribution in [3.8, 4) is 22.3 Å². The van der Waals surface area contributed by atoms with Gasteiger partial charge in [-0.2, -0.15) is 0 Å². The maximum atomic E-state index is 2.43. The summed E-state index contributed by atoms with van der Waals surface area (Å²) in [7, 11) is 0. The largest absolute Gasteiger partial charge is 0.0622 e. The van der Waals surface area contributed by atoms with Crippen LogP contribution in [0, 0.1) is 0 Å². The Morgan fingerprint density at radius 3 is 1.61 bits per heavy atom. The molecule has 0 bridgehead atoms. The van der Waals surface area contributed by atoms with E-state index in [1.54, 1.807) is 5.56 Å². The van der Waals surface area contributed by atoms with E-state index in [0.29, 0.717) is 5.92 Å². The van der Waals surface area contributed by atoms with E-state index in [1.807, 2.05) is 0 Å². The monoisotopic (exact) mass is 520 g/mol. The van der Waals surface area contributed by atoms with E-state index < -0.39 is 0 Å². The minimum Gasteiger partial charge on any atom is -0.0622 e. The summed E-state index contributed by atoms with van der Waals surface area (Å²) in [6, 6.07) is 51.9. The average Bonchev–Trinajstić information content (AvgIpc) is 3.88. The third-order valence-electron chi connectivity index (χ3n) is 9.19. The average molecular weight is 521 g/mol. The highest BCUT2D eigenvalue weighted by atomic mass is 14.3. The molecule has 0 N–H and O–H groups in total. The Labute approximate surface area is 239 Å².